The summed E-state index contributed by atoms with van der Waals surface area (Å²) in [5, 5.41) is 15.9. The molecule has 28 heavy (non-hydrogen) atoms. The maximum Gasteiger partial charge on any atom is 0.293 e. The van der Waals surface area contributed by atoms with Gasteiger partial charge in [0, 0.05) is 24.4 Å². The number of nitrogens with one attached hydrogen (secondary N) is 2. The molecule has 0 bridgehead atoms. The summed E-state index contributed by atoms with van der Waals surface area (Å²) in [6, 6.07) is 9.87. The summed E-state index contributed by atoms with van der Waals surface area (Å²) < 4.78 is 1.35. The van der Waals surface area contributed by atoms with Crippen LogP contribution in [0.15, 0.2) is 48.8 Å². The van der Waals surface area contributed by atoms with Crippen LogP contribution in [0.4, 0.5) is 5.82 Å². The summed E-state index contributed by atoms with van der Waals surface area (Å²) in [7, 11) is 1.59. The lowest BCUT2D eigenvalue weighted by molar-refractivity contribution is 0.0696. The van der Waals surface area contributed by atoms with Crippen molar-refractivity contribution in [1.82, 2.24) is 20.2 Å². The topological polar surface area (TPSA) is 109 Å². The molecule has 0 saturated heterocycles. The minimum atomic E-state index is -0.674. The highest BCUT2D eigenvalue weighted by Crippen LogP contribution is 2.24. The number of anilines is 1. The maximum atomic E-state index is 12.3. The van der Waals surface area contributed by atoms with Crippen LogP contribution in [0.5, 0.6) is 0 Å². The van der Waals surface area contributed by atoms with E-state index in [1.54, 1.807) is 48.9 Å². The number of carbonyl (C=O) groups excluding carboxylic acids is 2. The molecule has 2 aromatic heterocycles. The smallest absolute Gasteiger partial charge is 0.293 e. The van der Waals surface area contributed by atoms with E-state index < -0.39 is 5.91 Å². The largest absolute Gasteiger partial charge is 0.305 e. The predicted octanol–water partition coefficient (Wildman–Crippen LogP) is 3.53. The zero-order valence-corrected chi connectivity index (χ0v) is 16.4. The Bertz CT molecular complexity index is 970. The molecule has 0 radical (unpaired) electrons. The van der Waals surface area contributed by atoms with Crippen molar-refractivity contribution in [3.8, 4) is 11.1 Å². The van der Waals surface area contributed by atoms with Crippen molar-refractivity contribution in [3.63, 3.8) is 0 Å². The molecule has 0 fully saturated rings. The number of hydroxylamine groups is 1. The molecule has 3 aromatic rings. The lowest BCUT2D eigenvalue weighted by Crippen LogP contribution is -2.22. The Hall–Kier alpha value is -3.23. The van der Waals surface area contributed by atoms with Crippen LogP contribution in [0.1, 0.15) is 34.7 Å². The lowest BCUT2D eigenvalue weighted by Gasteiger charge is -2.07. The van der Waals surface area contributed by atoms with Crippen molar-refractivity contribution >= 4 is 29.2 Å². The fourth-order valence-electron chi connectivity index (χ4n) is 2.43. The zero-order chi connectivity index (χ0) is 20.7. The first-order valence-corrected chi connectivity index (χ1v) is 8.88. The zero-order valence-electron chi connectivity index (χ0n) is 15.6. The highest BCUT2D eigenvalue weighted by atomic mass is 35.5. The predicted molar refractivity (Wildman–Crippen MR) is 106 cm³/mol. The van der Waals surface area contributed by atoms with Crippen LogP contribution in [-0.2, 0) is 7.05 Å². The van der Waals surface area contributed by atoms with Gasteiger partial charge in [-0.1, -0.05) is 37.6 Å². The van der Waals surface area contributed by atoms with Gasteiger partial charge in [0.05, 0.1) is 11.2 Å². The molecule has 0 saturated carbocycles. The van der Waals surface area contributed by atoms with Crippen LogP contribution in [0, 0.1) is 0 Å². The number of amides is 2. The van der Waals surface area contributed by atoms with Crippen molar-refractivity contribution in [3.05, 3.63) is 65.1 Å². The number of rotatable bonds is 4. The average Bonchev–Trinajstić information content (AvgIpc) is 3.12. The Labute approximate surface area is 167 Å². The second-order valence-corrected chi connectivity index (χ2v) is 5.74. The number of hydrogen-bond acceptors (Lipinski definition) is 5. The standard InChI is InChI=1S/C17H14ClN5O3.C2H6/c1-23-14(17(25)22-26)12(9-20-23)10-4-6-11(7-5-10)16(24)21-15-13(18)3-2-8-19-15;1-2/h2-9,26H,1H3,(H,22,25)(H,19,21,24);1-2H3. The molecule has 9 heteroatoms. The number of nitrogens with zero attached hydrogens (tertiary/aromatic N) is 3. The molecule has 0 aliphatic heterocycles. The first kappa shape index (κ1) is 21.1. The second-order valence-electron chi connectivity index (χ2n) is 5.34. The van der Waals surface area contributed by atoms with Gasteiger partial charge in [-0.25, -0.2) is 10.5 Å². The Morgan fingerprint density at radius 3 is 2.39 bits per heavy atom. The van der Waals surface area contributed by atoms with E-state index >= 15 is 0 Å². The van der Waals surface area contributed by atoms with Crippen LogP contribution in [0.3, 0.4) is 0 Å². The van der Waals surface area contributed by atoms with Crippen molar-refractivity contribution in [2.24, 2.45) is 7.05 Å². The van der Waals surface area contributed by atoms with Crippen LogP contribution in [-0.4, -0.2) is 31.8 Å². The maximum absolute atomic E-state index is 12.3. The highest BCUT2D eigenvalue weighted by molar-refractivity contribution is 6.33. The minimum absolute atomic E-state index is 0.199. The third-order valence-corrected chi connectivity index (χ3v) is 4.01. The number of aryl methyl sites for hydroxylation is 1. The number of carbonyl (C=O) groups is 2. The molecule has 1 aromatic carbocycles. The van der Waals surface area contributed by atoms with Gasteiger partial charge in [-0.3, -0.25) is 19.5 Å². The van der Waals surface area contributed by atoms with E-state index in [2.05, 4.69) is 15.4 Å². The van der Waals surface area contributed by atoms with Gasteiger partial charge >= 0.3 is 0 Å². The van der Waals surface area contributed by atoms with Crippen LogP contribution in [0.25, 0.3) is 11.1 Å². The normalized spacial score (nSPS) is 9.89. The van der Waals surface area contributed by atoms with Gasteiger partial charge in [-0.05, 0) is 29.8 Å². The molecule has 0 aliphatic rings. The molecule has 0 atom stereocenters. The minimum Gasteiger partial charge on any atom is -0.305 e. The molecule has 8 nitrogen and oxygen atoms in total. The van der Waals surface area contributed by atoms with Gasteiger partial charge in [0.25, 0.3) is 11.8 Å². The fourth-order valence-corrected chi connectivity index (χ4v) is 2.60. The molecular weight excluding hydrogens is 382 g/mol. The second kappa shape index (κ2) is 9.63. The average molecular weight is 402 g/mol. The van der Waals surface area contributed by atoms with Crippen molar-refractivity contribution in [1.29, 1.82) is 0 Å². The third kappa shape index (κ3) is 4.54. The number of halogens is 1. The van der Waals surface area contributed by atoms with Gasteiger partial charge < -0.3 is 5.32 Å². The Morgan fingerprint density at radius 2 is 1.79 bits per heavy atom. The van der Waals surface area contributed by atoms with Crippen LogP contribution >= 0.6 is 11.6 Å². The van der Waals surface area contributed by atoms with E-state index in [-0.39, 0.29) is 17.4 Å². The van der Waals surface area contributed by atoms with Gasteiger partial charge in [0.2, 0.25) is 0 Å². The Kier molecular flexibility index (Phi) is 7.25. The summed E-state index contributed by atoms with van der Waals surface area (Å²) in [5.74, 6) is -0.763. The fraction of sp³-hybridized carbons (Fsp3) is 0.158. The first-order valence-electron chi connectivity index (χ1n) is 8.50. The van der Waals surface area contributed by atoms with Crippen molar-refractivity contribution in [2.45, 2.75) is 13.8 Å². The molecule has 0 spiro atoms. The molecule has 0 unspecified atom stereocenters. The number of aromatic nitrogens is 3. The summed E-state index contributed by atoms with van der Waals surface area (Å²) in [4.78, 5) is 28.1. The summed E-state index contributed by atoms with van der Waals surface area (Å²) in [5.41, 5.74) is 3.39. The molecule has 3 N–H and O–H groups in total. The lowest BCUT2D eigenvalue weighted by atomic mass is 10.0. The van der Waals surface area contributed by atoms with E-state index in [9.17, 15) is 9.59 Å². The molecule has 0 aliphatic carbocycles. The first-order chi connectivity index (χ1) is 13.5. The molecule has 2 heterocycles. The van der Waals surface area contributed by atoms with E-state index in [1.165, 1.54) is 17.1 Å². The summed E-state index contributed by atoms with van der Waals surface area (Å²) >= 11 is 5.98. The molecule has 2 amide bonds. The third-order valence-electron chi connectivity index (χ3n) is 3.70. The monoisotopic (exact) mass is 401 g/mol. The van der Waals surface area contributed by atoms with Crippen molar-refractivity contribution in [2.75, 3.05) is 5.32 Å². The number of hydrogen-bond donors (Lipinski definition) is 3. The Balaban J connectivity index is 0.00000136. The van der Waals surface area contributed by atoms with E-state index in [1.807, 2.05) is 13.8 Å². The molecular formula is C19H20ClN5O3. The van der Waals surface area contributed by atoms with Gasteiger partial charge in [-0.15, -0.1) is 0 Å². The van der Waals surface area contributed by atoms with E-state index in [0.717, 1.165) is 0 Å². The molecule has 146 valence electrons. The van der Waals surface area contributed by atoms with Gasteiger partial charge in [-0.2, -0.15) is 5.10 Å². The van der Waals surface area contributed by atoms with Crippen molar-refractivity contribution < 1.29 is 14.8 Å². The number of benzene rings is 1. The van der Waals surface area contributed by atoms with E-state index in [4.69, 9.17) is 16.8 Å². The summed E-state index contributed by atoms with van der Waals surface area (Å²) in [6.45, 7) is 4.00. The molecule has 3 rings (SSSR count). The summed E-state index contributed by atoms with van der Waals surface area (Å²) in [6.07, 6.45) is 3.04. The van der Waals surface area contributed by atoms with Crippen LogP contribution < -0.4 is 10.8 Å². The Morgan fingerprint density at radius 1 is 1.11 bits per heavy atom. The van der Waals surface area contributed by atoms with Crippen LogP contribution in [0.2, 0.25) is 5.02 Å². The van der Waals surface area contributed by atoms with Gasteiger partial charge in [0.1, 0.15) is 5.69 Å². The quantitative estimate of drug-likeness (QED) is 0.457. The SMILES string of the molecule is CC.Cn1ncc(-c2ccc(C(=O)Nc3ncccc3Cl)cc2)c1C(=O)NO. The van der Waals surface area contributed by atoms with Gasteiger partial charge in [0.15, 0.2) is 5.82 Å². The highest BCUT2D eigenvalue weighted by Gasteiger charge is 2.18. The number of pyridine rings is 1. The van der Waals surface area contributed by atoms with E-state index in [0.29, 0.717) is 21.7 Å².